The van der Waals surface area contributed by atoms with E-state index in [0.29, 0.717) is 52.1 Å². The van der Waals surface area contributed by atoms with Crippen molar-refractivity contribution in [3.8, 4) is 0 Å². The number of carbonyl (C=O) groups is 3. The molecule has 1 saturated heterocycles. The summed E-state index contributed by atoms with van der Waals surface area (Å²) in [5, 5.41) is 5.47. The highest BCUT2D eigenvalue weighted by Gasteiger charge is 2.39. The van der Waals surface area contributed by atoms with Gasteiger partial charge in [0.25, 0.3) is 0 Å². The maximum absolute atomic E-state index is 12.4. The van der Waals surface area contributed by atoms with E-state index in [1.807, 2.05) is 35.2 Å². The van der Waals surface area contributed by atoms with Crippen molar-refractivity contribution < 1.29 is 23.9 Å². The highest BCUT2D eigenvalue weighted by molar-refractivity contribution is 5.86. The molecule has 0 aliphatic carbocycles. The van der Waals surface area contributed by atoms with E-state index in [2.05, 4.69) is 17.2 Å². The summed E-state index contributed by atoms with van der Waals surface area (Å²) >= 11 is 0. The Morgan fingerprint density at radius 1 is 1.21 bits per heavy atom. The van der Waals surface area contributed by atoms with Gasteiger partial charge in [0, 0.05) is 19.6 Å². The van der Waals surface area contributed by atoms with E-state index in [0.717, 1.165) is 11.8 Å². The molecule has 0 aromatic heterocycles. The topological polar surface area (TPSA) is 97.0 Å². The first-order valence-electron chi connectivity index (χ1n) is 9.78. The Labute approximate surface area is 171 Å². The number of nitrogens with zero attached hydrogens (tertiary/aromatic N) is 1. The van der Waals surface area contributed by atoms with Crippen LogP contribution in [-0.4, -0.2) is 61.7 Å². The van der Waals surface area contributed by atoms with Crippen LogP contribution in [0, 0.1) is 0 Å². The lowest BCUT2D eigenvalue weighted by Gasteiger charge is -2.42. The van der Waals surface area contributed by atoms with Crippen molar-refractivity contribution in [2.75, 3.05) is 32.8 Å². The van der Waals surface area contributed by atoms with Crippen LogP contribution in [0.2, 0.25) is 0 Å². The molecule has 1 atom stereocenters. The number of benzene rings is 1. The van der Waals surface area contributed by atoms with Gasteiger partial charge < -0.3 is 14.8 Å². The predicted molar refractivity (Wildman–Crippen MR) is 108 cm³/mol. The minimum Gasteiger partial charge on any atom is -0.445 e. The number of aldehydes is 1. The van der Waals surface area contributed by atoms with Gasteiger partial charge in [-0.25, -0.2) is 4.79 Å². The van der Waals surface area contributed by atoms with Gasteiger partial charge >= 0.3 is 6.09 Å². The van der Waals surface area contributed by atoms with Crippen LogP contribution < -0.4 is 10.6 Å². The summed E-state index contributed by atoms with van der Waals surface area (Å²) in [7, 11) is 0. The Hall–Kier alpha value is -2.71. The second kappa shape index (κ2) is 12.0. The fourth-order valence-corrected chi connectivity index (χ4v) is 3.16. The average molecular weight is 403 g/mol. The molecule has 2 rings (SSSR count). The fourth-order valence-electron chi connectivity index (χ4n) is 3.16. The summed E-state index contributed by atoms with van der Waals surface area (Å²) in [5.74, 6) is -0.234. The third kappa shape index (κ3) is 7.32. The van der Waals surface area contributed by atoms with E-state index in [9.17, 15) is 14.4 Å². The second-order valence-corrected chi connectivity index (χ2v) is 6.78. The van der Waals surface area contributed by atoms with Crippen molar-refractivity contribution in [2.45, 2.75) is 31.5 Å². The number of hydrogen-bond acceptors (Lipinski definition) is 6. The molecule has 1 fully saturated rings. The molecule has 1 aliphatic rings. The molecule has 0 saturated carbocycles. The molecule has 0 radical (unpaired) electrons. The zero-order valence-corrected chi connectivity index (χ0v) is 16.6. The Morgan fingerprint density at radius 2 is 1.93 bits per heavy atom. The maximum atomic E-state index is 12.4. The van der Waals surface area contributed by atoms with E-state index >= 15 is 0 Å². The van der Waals surface area contributed by atoms with Gasteiger partial charge in [0.05, 0.1) is 13.2 Å². The first-order valence-corrected chi connectivity index (χ1v) is 9.78. The summed E-state index contributed by atoms with van der Waals surface area (Å²) in [6.07, 6.45) is 3.04. The monoisotopic (exact) mass is 403 g/mol. The van der Waals surface area contributed by atoms with Gasteiger partial charge in [-0.15, -0.1) is 0 Å². The van der Waals surface area contributed by atoms with Crippen LogP contribution in [0.5, 0.6) is 0 Å². The van der Waals surface area contributed by atoms with E-state index in [-0.39, 0.29) is 12.5 Å². The van der Waals surface area contributed by atoms with E-state index in [1.54, 1.807) is 0 Å². The molecule has 1 aliphatic heterocycles. The minimum absolute atomic E-state index is 0.123. The lowest BCUT2D eigenvalue weighted by molar-refractivity contribution is -0.125. The number of nitrogens with one attached hydrogen (secondary N) is 2. The van der Waals surface area contributed by atoms with Crippen molar-refractivity contribution in [3.05, 3.63) is 48.6 Å². The minimum atomic E-state index is -1.17. The number of carbonyl (C=O) groups excluding carboxylic acids is 3. The molecule has 1 aromatic rings. The molecule has 29 heavy (non-hydrogen) atoms. The van der Waals surface area contributed by atoms with Crippen LogP contribution >= 0.6 is 0 Å². The van der Waals surface area contributed by atoms with Crippen LogP contribution in [0.15, 0.2) is 43.0 Å². The largest absolute Gasteiger partial charge is 0.445 e. The predicted octanol–water partition coefficient (Wildman–Crippen LogP) is 1.61. The molecule has 0 unspecified atom stereocenters. The van der Waals surface area contributed by atoms with Crippen molar-refractivity contribution in [1.29, 1.82) is 0 Å². The van der Waals surface area contributed by atoms with E-state index in [1.165, 1.54) is 6.08 Å². The molecule has 8 nitrogen and oxygen atoms in total. The lowest BCUT2D eigenvalue weighted by atomic mass is 10.0. The van der Waals surface area contributed by atoms with Gasteiger partial charge in [0.15, 0.2) is 11.9 Å². The normalized spacial score (nSPS) is 16.3. The highest BCUT2D eigenvalue weighted by Crippen LogP contribution is 2.20. The Kier molecular flexibility index (Phi) is 9.33. The number of alkyl carbamates (subject to hydrolysis) is 1. The summed E-state index contributed by atoms with van der Waals surface area (Å²) in [6, 6.07) is 9.34. The summed E-state index contributed by atoms with van der Waals surface area (Å²) in [5.41, 5.74) is -0.302. The van der Waals surface area contributed by atoms with E-state index < -0.39 is 11.8 Å². The van der Waals surface area contributed by atoms with Gasteiger partial charge in [0.1, 0.15) is 6.61 Å². The molecule has 2 N–H and O–H groups in total. The van der Waals surface area contributed by atoms with Gasteiger partial charge in [-0.1, -0.05) is 36.9 Å². The number of ether oxygens (including phenoxy) is 2. The van der Waals surface area contributed by atoms with Crippen molar-refractivity contribution in [2.24, 2.45) is 0 Å². The SMILES string of the molecule is C=CC(=O)NCCCC[C@](C=O)(NC(=O)OCc1ccccc1)N1CCOCC1. The molecule has 8 heteroatoms. The van der Waals surface area contributed by atoms with Gasteiger partial charge in [0.2, 0.25) is 5.91 Å². The zero-order chi connectivity index (χ0) is 21.0. The van der Waals surface area contributed by atoms with Crippen LogP contribution in [0.1, 0.15) is 24.8 Å². The third-order valence-corrected chi connectivity index (χ3v) is 4.77. The molecular weight excluding hydrogens is 374 g/mol. The number of morpholine rings is 1. The average Bonchev–Trinajstić information content (AvgIpc) is 2.77. The summed E-state index contributed by atoms with van der Waals surface area (Å²) in [4.78, 5) is 37.7. The number of amides is 2. The standard InChI is InChI=1S/C21H29N3O5/c1-2-19(26)22-11-7-6-10-21(17-25,24-12-14-28-15-13-24)23-20(27)29-16-18-8-4-3-5-9-18/h2-5,8-9,17H,1,6-7,10-16H2,(H,22,26)(H,23,27)/t21-/m0/s1. The zero-order valence-electron chi connectivity index (χ0n) is 16.6. The Morgan fingerprint density at radius 3 is 2.59 bits per heavy atom. The van der Waals surface area contributed by atoms with Crippen molar-refractivity contribution in [1.82, 2.24) is 15.5 Å². The highest BCUT2D eigenvalue weighted by atomic mass is 16.5. The number of rotatable bonds is 11. The first kappa shape index (κ1) is 22.6. The summed E-state index contributed by atoms with van der Waals surface area (Å²) < 4.78 is 10.7. The van der Waals surface area contributed by atoms with Crippen LogP contribution in [0.4, 0.5) is 4.79 Å². The van der Waals surface area contributed by atoms with Crippen LogP contribution in [0.3, 0.4) is 0 Å². The molecule has 158 valence electrons. The van der Waals surface area contributed by atoms with Gasteiger partial charge in [-0.3, -0.25) is 19.8 Å². The lowest BCUT2D eigenvalue weighted by Crippen LogP contribution is -2.64. The second-order valence-electron chi connectivity index (χ2n) is 6.78. The van der Waals surface area contributed by atoms with E-state index in [4.69, 9.17) is 9.47 Å². The van der Waals surface area contributed by atoms with Crippen molar-refractivity contribution in [3.63, 3.8) is 0 Å². The molecule has 0 bridgehead atoms. The summed E-state index contributed by atoms with van der Waals surface area (Å²) in [6.45, 7) is 6.05. The molecular formula is C21H29N3O5. The molecule has 2 amide bonds. The smallest absolute Gasteiger partial charge is 0.409 e. The molecule has 0 spiro atoms. The van der Waals surface area contributed by atoms with Crippen LogP contribution in [0.25, 0.3) is 0 Å². The fraction of sp³-hybridized carbons (Fsp3) is 0.476. The Bertz CT molecular complexity index is 676. The molecule has 1 aromatic carbocycles. The van der Waals surface area contributed by atoms with Crippen LogP contribution in [-0.2, 0) is 25.7 Å². The van der Waals surface area contributed by atoms with Gasteiger partial charge in [-0.05, 0) is 30.9 Å². The van der Waals surface area contributed by atoms with Gasteiger partial charge in [-0.2, -0.15) is 0 Å². The quantitative estimate of drug-likeness (QED) is 0.331. The first-order chi connectivity index (χ1) is 14.1. The van der Waals surface area contributed by atoms with Crippen molar-refractivity contribution >= 4 is 18.3 Å². The maximum Gasteiger partial charge on any atom is 0.409 e. The number of hydrogen-bond donors (Lipinski definition) is 2. The number of unbranched alkanes of at least 4 members (excludes halogenated alkanes) is 1. The molecule has 1 heterocycles. The third-order valence-electron chi connectivity index (χ3n) is 4.77. The Balaban J connectivity index is 1.95.